The van der Waals surface area contributed by atoms with Crippen molar-refractivity contribution >= 4 is 11.8 Å². The Morgan fingerprint density at radius 1 is 1.20 bits per heavy atom. The van der Waals surface area contributed by atoms with Crippen LogP contribution in [0.15, 0.2) is 34.7 Å². The Balaban J connectivity index is 1.55. The lowest BCUT2D eigenvalue weighted by Crippen LogP contribution is -2.47. The lowest BCUT2D eigenvalue weighted by molar-refractivity contribution is -0.121. The van der Waals surface area contributed by atoms with Crippen LogP contribution in [0.4, 0.5) is 0 Å². The number of benzene rings is 1. The average molecular weight is 292 g/mol. The Morgan fingerprint density at radius 2 is 2.00 bits per heavy atom. The van der Waals surface area contributed by atoms with Gasteiger partial charge in [-0.3, -0.25) is 0 Å². The zero-order valence-corrected chi connectivity index (χ0v) is 11.8. The van der Waals surface area contributed by atoms with Crippen molar-refractivity contribution < 1.29 is 14.3 Å². The van der Waals surface area contributed by atoms with E-state index in [2.05, 4.69) is 10.2 Å². The lowest BCUT2D eigenvalue weighted by Gasteiger charge is -2.39. The van der Waals surface area contributed by atoms with E-state index in [4.69, 9.17) is 9.15 Å². The maximum Gasteiger partial charge on any atom is 0.247 e. The lowest BCUT2D eigenvalue weighted by atomic mass is 9.90. The highest BCUT2D eigenvalue weighted by molar-refractivity contribution is 7.98. The first-order chi connectivity index (χ1) is 9.81. The zero-order chi connectivity index (χ0) is 13.8. The molecule has 0 atom stereocenters. The maximum atomic E-state index is 9.34. The fraction of sp³-hybridized carbons (Fsp3) is 0.429. The Bertz CT molecular complexity index is 549. The summed E-state index contributed by atoms with van der Waals surface area (Å²) in [6.07, 6.45) is 0. The molecule has 0 unspecified atom stereocenters. The minimum absolute atomic E-state index is 0.0764. The summed E-state index contributed by atoms with van der Waals surface area (Å²) in [6, 6.07) is 9.71. The number of ether oxygens (including phenoxy) is 1. The first kappa shape index (κ1) is 13.6. The third-order valence-electron chi connectivity index (χ3n) is 3.27. The van der Waals surface area contributed by atoms with Crippen LogP contribution in [0.5, 0.6) is 0 Å². The van der Waals surface area contributed by atoms with Crippen molar-refractivity contribution in [1.29, 1.82) is 0 Å². The topological polar surface area (TPSA) is 68.4 Å². The molecule has 1 fully saturated rings. The molecule has 1 saturated heterocycles. The van der Waals surface area contributed by atoms with E-state index >= 15 is 0 Å². The number of thioether (sulfide) groups is 1. The molecule has 1 aliphatic heterocycles. The van der Waals surface area contributed by atoms with Crippen LogP contribution in [0.3, 0.4) is 0 Å². The Kier molecular flexibility index (Phi) is 4.05. The summed E-state index contributed by atoms with van der Waals surface area (Å²) < 4.78 is 10.8. The molecule has 0 radical (unpaired) electrons. The fourth-order valence-electron chi connectivity index (χ4n) is 1.98. The molecule has 0 amide bonds. The molecule has 20 heavy (non-hydrogen) atoms. The monoisotopic (exact) mass is 292 g/mol. The predicted molar refractivity (Wildman–Crippen MR) is 76.2 cm³/mol. The molecule has 106 valence electrons. The van der Waals surface area contributed by atoms with E-state index in [1.807, 2.05) is 30.3 Å². The van der Waals surface area contributed by atoms with E-state index in [0.29, 0.717) is 30.7 Å². The molecular formula is C14H16N2O3S. The molecule has 0 spiro atoms. The smallest absolute Gasteiger partial charge is 0.247 e. The molecule has 0 bridgehead atoms. The average Bonchev–Trinajstić information content (AvgIpc) is 2.92. The highest BCUT2D eigenvalue weighted by Crippen LogP contribution is 2.32. The minimum atomic E-state index is -0.0764. The Hall–Kier alpha value is -1.37. The van der Waals surface area contributed by atoms with Crippen LogP contribution in [0.1, 0.15) is 5.89 Å². The van der Waals surface area contributed by atoms with E-state index in [-0.39, 0.29) is 12.0 Å². The second kappa shape index (κ2) is 5.95. The van der Waals surface area contributed by atoms with Gasteiger partial charge in [0.25, 0.3) is 0 Å². The van der Waals surface area contributed by atoms with E-state index < -0.39 is 0 Å². The molecule has 1 aliphatic rings. The summed E-state index contributed by atoms with van der Waals surface area (Å²) in [5.41, 5.74) is 0.850. The van der Waals surface area contributed by atoms with Gasteiger partial charge in [0.1, 0.15) is 0 Å². The number of rotatable bonds is 6. The van der Waals surface area contributed by atoms with Crippen molar-refractivity contribution in [1.82, 2.24) is 10.2 Å². The van der Waals surface area contributed by atoms with Gasteiger partial charge in [-0.15, -0.1) is 10.2 Å². The maximum absolute atomic E-state index is 9.34. The minimum Gasteiger partial charge on any atom is -0.420 e. The second-order valence-electron chi connectivity index (χ2n) is 5.01. The molecule has 1 aromatic heterocycles. The van der Waals surface area contributed by atoms with Gasteiger partial charge in [-0.05, 0) is 12.1 Å². The summed E-state index contributed by atoms with van der Waals surface area (Å²) in [5, 5.41) is 17.4. The summed E-state index contributed by atoms with van der Waals surface area (Å²) >= 11 is 1.69. The molecule has 0 aliphatic carbocycles. The third kappa shape index (κ3) is 2.87. The summed E-state index contributed by atoms with van der Waals surface area (Å²) in [5.74, 6) is 2.65. The second-order valence-corrected chi connectivity index (χ2v) is 6.00. The first-order valence-electron chi connectivity index (χ1n) is 6.45. The van der Waals surface area contributed by atoms with Gasteiger partial charge in [0.2, 0.25) is 11.8 Å². The van der Waals surface area contributed by atoms with Gasteiger partial charge in [-0.25, -0.2) is 0 Å². The highest BCUT2D eigenvalue weighted by atomic mass is 32.2. The van der Waals surface area contributed by atoms with E-state index in [9.17, 15) is 5.11 Å². The molecule has 1 N–H and O–H groups in total. The molecule has 6 heteroatoms. The van der Waals surface area contributed by atoms with E-state index in [0.717, 1.165) is 11.3 Å². The van der Waals surface area contributed by atoms with Gasteiger partial charge in [0, 0.05) is 16.7 Å². The fourth-order valence-corrected chi connectivity index (χ4v) is 3.06. The van der Waals surface area contributed by atoms with Crippen LogP contribution in [0.25, 0.3) is 11.5 Å². The van der Waals surface area contributed by atoms with Gasteiger partial charge in [0.05, 0.1) is 25.6 Å². The van der Waals surface area contributed by atoms with Gasteiger partial charge in [-0.2, -0.15) is 11.8 Å². The van der Waals surface area contributed by atoms with Crippen LogP contribution in [-0.4, -0.2) is 40.9 Å². The summed E-state index contributed by atoms with van der Waals surface area (Å²) in [4.78, 5) is 0. The highest BCUT2D eigenvalue weighted by Gasteiger charge is 2.37. The summed E-state index contributed by atoms with van der Waals surface area (Å²) in [6.45, 7) is 1.43. The molecule has 2 aromatic rings. The predicted octanol–water partition coefficient (Wildman–Crippen LogP) is 1.98. The molecule has 2 heterocycles. The number of aliphatic hydroxyl groups is 1. The number of aliphatic hydroxyl groups excluding tert-OH is 1. The van der Waals surface area contributed by atoms with Crippen molar-refractivity contribution in [2.24, 2.45) is 5.41 Å². The van der Waals surface area contributed by atoms with Gasteiger partial charge >= 0.3 is 0 Å². The molecule has 3 rings (SSSR count). The van der Waals surface area contributed by atoms with E-state index in [1.54, 1.807) is 11.8 Å². The Labute approximate surface area is 121 Å². The summed E-state index contributed by atoms with van der Waals surface area (Å²) in [7, 11) is 0. The number of aromatic nitrogens is 2. The van der Waals surface area contributed by atoms with Gasteiger partial charge in [-0.1, -0.05) is 18.2 Å². The quantitative estimate of drug-likeness (QED) is 0.878. The van der Waals surface area contributed by atoms with Crippen molar-refractivity contribution in [3.05, 3.63) is 36.2 Å². The van der Waals surface area contributed by atoms with Crippen LogP contribution in [0, 0.1) is 5.41 Å². The number of hydrogen-bond donors (Lipinski definition) is 1. The van der Waals surface area contributed by atoms with Crippen molar-refractivity contribution in [3.8, 4) is 11.5 Å². The van der Waals surface area contributed by atoms with Crippen LogP contribution >= 0.6 is 11.8 Å². The zero-order valence-electron chi connectivity index (χ0n) is 11.0. The van der Waals surface area contributed by atoms with E-state index in [1.165, 1.54) is 0 Å². The van der Waals surface area contributed by atoms with Crippen molar-refractivity contribution in [2.45, 2.75) is 5.75 Å². The van der Waals surface area contributed by atoms with Crippen LogP contribution in [-0.2, 0) is 10.5 Å². The standard InChI is InChI=1S/C14H16N2O3S/c17-7-14(8-18-9-14)10-20-6-12-15-16-13(19-12)11-4-2-1-3-5-11/h1-5,17H,6-10H2. The number of hydrogen-bond acceptors (Lipinski definition) is 6. The van der Waals surface area contributed by atoms with Crippen molar-refractivity contribution in [2.75, 3.05) is 25.6 Å². The SMILES string of the molecule is OCC1(CSCc2nnc(-c3ccccc3)o2)COC1. The van der Waals surface area contributed by atoms with Gasteiger partial charge in [0.15, 0.2) is 0 Å². The van der Waals surface area contributed by atoms with Crippen LogP contribution < -0.4 is 0 Å². The number of nitrogens with zero attached hydrogens (tertiary/aromatic N) is 2. The molecule has 0 saturated carbocycles. The first-order valence-corrected chi connectivity index (χ1v) is 7.61. The Morgan fingerprint density at radius 3 is 2.65 bits per heavy atom. The molecule has 5 nitrogen and oxygen atoms in total. The largest absolute Gasteiger partial charge is 0.420 e. The third-order valence-corrected chi connectivity index (χ3v) is 4.54. The van der Waals surface area contributed by atoms with Crippen LogP contribution in [0.2, 0.25) is 0 Å². The molecule has 1 aromatic carbocycles. The molecular weight excluding hydrogens is 276 g/mol. The van der Waals surface area contributed by atoms with Crippen molar-refractivity contribution in [3.63, 3.8) is 0 Å². The normalized spacial score (nSPS) is 16.9. The van der Waals surface area contributed by atoms with Gasteiger partial charge < -0.3 is 14.3 Å².